The highest BCUT2D eigenvalue weighted by molar-refractivity contribution is 8.03. The van der Waals surface area contributed by atoms with Crippen LogP contribution in [0, 0.1) is 0 Å². The topological polar surface area (TPSA) is 26.5 Å². The van der Waals surface area contributed by atoms with E-state index in [1.165, 1.54) is 0 Å². The molecule has 0 radical (unpaired) electrons. The zero-order valence-corrected chi connectivity index (χ0v) is 5.56. The Kier molecular flexibility index (Phi) is 1.04. The van der Waals surface area contributed by atoms with Crippen LogP contribution in [-0.4, -0.2) is 23.9 Å². The van der Waals surface area contributed by atoms with Gasteiger partial charge in [-0.25, -0.2) is 4.99 Å². The standard InChI is InChI=1S/C6H5N2S/c1-2-8-6-4-9-3-5(6)7-1/h1-3H,4H2/q+1. The monoisotopic (exact) mass is 137 g/mol. The Morgan fingerprint density at radius 3 is 3.56 bits per heavy atom. The SMILES string of the molecule is C1=NC2=CSCC2=[N+]=C1. The Morgan fingerprint density at radius 2 is 2.67 bits per heavy atom. The van der Waals surface area contributed by atoms with Gasteiger partial charge in [0.2, 0.25) is 0 Å². The molecule has 2 aliphatic heterocycles. The van der Waals surface area contributed by atoms with E-state index in [4.69, 9.17) is 0 Å². The van der Waals surface area contributed by atoms with Crippen LogP contribution in [0.25, 0.3) is 0 Å². The van der Waals surface area contributed by atoms with Crippen molar-refractivity contribution in [2.24, 2.45) is 4.99 Å². The van der Waals surface area contributed by atoms with Crippen molar-refractivity contribution in [3.05, 3.63) is 11.1 Å². The number of aliphatic imine (C=N–C) groups is 1. The smallest absolute Gasteiger partial charge is 0.241 e. The third-order valence-electron chi connectivity index (χ3n) is 1.22. The van der Waals surface area contributed by atoms with Crippen molar-refractivity contribution in [1.82, 2.24) is 4.67 Å². The summed E-state index contributed by atoms with van der Waals surface area (Å²) in [5.74, 6) is 0.989. The number of thioether (sulfide) groups is 1. The first kappa shape index (κ1) is 5.03. The summed E-state index contributed by atoms with van der Waals surface area (Å²) < 4.78 is 4.14. The highest BCUT2D eigenvalue weighted by Gasteiger charge is 2.22. The zero-order chi connectivity index (χ0) is 6.10. The molecule has 0 aromatic heterocycles. The average Bonchev–Trinajstić information content (AvgIpc) is 2.33. The molecule has 0 fully saturated rings. The summed E-state index contributed by atoms with van der Waals surface area (Å²) in [6.45, 7) is 0. The predicted octanol–water partition coefficient (Wildman–Crippen LogP) is 0.238. The van der Waals surface area contributed by atoms with Gasteiger partial charge in [0.05, 0.1) is 0 Å². The van der Waals surface area contributed by atoms with Gasteiger partial charge in [0.1, 0.15) is 12.0 Å². The fraction of sp³-hybridized carbons (Fsp3) is 0.167. The molecule has 0 aliphatic carbocycles. The van der Waals surface area contributed by atoms with Crippen LogP contribution in [-0.2, 0) is 0 Å². The van der Waals surface area contributed by atoms with Gasteiger partial charge in [-0.2, -0.15) is 0 Å². The molecule has 44 valence electrons. The molecule has 0 atom stereocenters. The van der Waals surface area contributed by atoms with E-state index < -0.39 is 0 Å². The minimum absolute atomic E-state index is 0.989. The van der Waals surface area contributed by atoms with Gasteiger partial charge >= 0.3 is 11.9 Å². The van der Waals surface area contributed by atoms with E-state index >= 15 is 0 Å². The number of fused-ring (bicyclic) bond motifs is 1. The third kappa shape index (κ3) is 0.745. The second-order valence-electron chi connectivity index (χ2n) is 1.82. The number of allylic oxidation sites excluding steroid dienone is 1. The number of hydrogen-bond donors (Lipinski definition) is 0. The van der Waals surface area contributed by atoms with Crippen molar-refractivity contribution in [3.63, 3.8) is 0 Å². The van der Waals surface area contributed by atoms with Crippen molar-refractivity contribution in [3.8, 4) is 0 Å². The first-order chi connectivity index (χ1) is 4.47. The molecule has 0 saturated heterocycles. The Morgan fingerprint density at radius 1 is 1.67 bits per heavy atom. The van der Waals surface area contributed by atoms with Gasteiger partial charge in [-0.1, -0.05) is 4.67 Å². The van der Waals surface area contributed by atoms with E-state index in [9.17, 15) is 0 Å². The Bertz CT molecular complexity index is 256. The molecule has 2 nitrogen and oxygen atoms in total. The maximum Gasteiger partial charge on any atom is 0.339 e. The minimum atomic E-state index is 0.989. The Hall–Kier alpha value is -0.790. The van der Waals surface area contributed by atoms with Crippen molar-refractivity contribution >= 4 is 29.9 Å². The molecular weight excluding hydrogens is 132 g/mol. The molecule has 2 heterocycles. The highest BCUT2D eigenvalue weighted by atomic mass is 32.2. The van der Waals surface area contributed by atoms with Gasteiger partial charge < -0.3 is 0 Å². The van der Waals surface area contributed by atoms with Crippen LogP contribution < -0.4 is 4.67 Å². The normalized spacial score (nSPS) is 21.3. The van der Waals surface area contributed by atoms with E-state index in [1.54, 1.807) is 24.2 Å². The van der Waals surface area contributed by atoms with Gasteiger partial charge in [-0.15, -0.1) is 11.8 Å². The molecule has 0 bridgehead atoms. The minimum Gasteiger partial charge on any atom is -0.241 e. The largest absolute Gasteiger partial charge is 0.339 e. The van der Waals surface area contributed by atoms with Crippen LogP contribution in [0.15, 0.2) is 16.1 Å². The maximum absolute atomic E-state index is 4.14. The second kappa shape index (κ2) is 1.87. The van der Waals surface area contributed by atoms with E-state index in [2.05, 4.69) is 9.66 Å². The third-order valence-corrected chi connectivity index (χ3v) is 2.05. The molecule has 0 spiro atoms. The summed E-state index contributed by atoms with van der Waals surface area (Å²) in [5, 5.41) is 2.04. The second-order valence-corrected chi connectivity index (χ2v) is 2.67. The Labute approximate surface area is 57.1 Å². The molecule has 3 heteroatoms. The lowest BCUT2D eigenvalue weighted by Gasteiger charge is -1.82. The molecule has 9 heavy (non-hydrogen) atoms. The molecule has 0 aromatic carbocycles. The Balaban J connectivity index is 2.57. The zero-order valence-electron chi connectivity index (χ0n) is 4.74. The van der Waals surface area contributed by atoms with Gasteiger partial charge in [0.25, 0.3) is 0 Å². The van der Waals surface area contributed by atoms with Gasteiger partial charge in [0.15, 0.2) is 5.70 Å². The summed E-state index contributed by atoms with van der Waals surface area (Å²) in [6, 6.07) is 0. The predicted molar refractivity (Wildman–Crippen MR) is 42.2 cm³/mol. The van der Waals surface area contributed by atoms with Crippen molar-refractivity contribution in [1.29, 1.82) is 0 Å². The molecule has 0 saturated carbocycles. The summed E-state index contributed by atoms with van der Waals surface area (Å²) >= 11 is 1.75. The average molecular weight is 137 g/mol. The lowest BCUT2D eigenvalue weighted by atomic mass is 10.3. The summed E-state index contributed by atoms with van der Waals surface area (Å²) in [6.07, 6.45) is 3.46. The summed E-state index contributed by atoms with van der Waals surface area (Å²) in [7, 11) is 0. The van der Waals surface area contributed by atoms with Crippen LogP contribution in [0.5, 0.6) is 0 Å². The number of nitrogens with zero attached hydrogens (tertiary/aromatic N) is 2. The molecular formula is C6H5N2S+. The van der Waals surface area contributed by atoms with E-state index in [0.29, 0.717) is 0 Å². The lowest BCUT2D eigenvalue weighted by molar-refractivity contribution is 1.45. The molecule has 0 N–H and O–H groups in total. The van der Waals surface area contributed by atoms with Crippen LogP contribution in [0.1, 0.15) is 0 Å². The van der Waals surface area contributed by atoms with Crippen molar-refractivity contribution in [2.45, 2.75) is 0 Å². The van der Waals surface area contributed by atoms with Crippen LogP contribution in [0.2, 0.25) is 0 Å². The van der Waals surface area contributed by atoms with Crippen molar-refractivity contribution in [2.75, 3.05) is 5.75 Å². The van der Waals surface area contributed by atoms with E-state index in [-0.39, 0.29) is 0 Å². The first-order valence-corrected chi connectivity index (χ1v) is 3.76. The van der Waals surface area contributed by atoms with Gasteiger partial charge in [-0.05, 0) is 0 Å². The highest BCUT2D eigenvalue weighted by Crippen LogP contribution is 2.19. The number of rotatable bonds is 0. The molecule has 0 unspecified atom stereocenters. The quantitative estimate of drug-likeness (QED) is 0.439. The van der Waals surface area contributed by atoms with Gasteiger partial charge in [0, 0.05) is 5.41 Å². The molecule has 0 aromatic rings. The first-order valence-electron chi connectivity index (χ1n) is 2.71. The van der Waals surface area contributed by atoms with E-state index in [0.717, 1.165) is 17.2 Å². The number of hydrogen-bond acceptors (Lipinski definition) is 2. The molecule has 2 aliphatic rings. The van der Waals surface area contributed by atoms with Crippen LogP contribution >= 0.6 is 11.8 Å². The fourth-order valence-electron chi connectivity index (χ4n) is 0.787. The maximum atomic E-state index is 4.14. The summed E-state index contributed by atoms with van der Waals surface area (Å²) in [4.78, 5) is 4.12. The van der Waals surface area contributed by atoms with Gasteiger partial charge in [-0.3, -0.25) is 0 Å². The summed E-state index contributed by atoms with van der Waals surface area (Å²) in [5.41, 5.74) is 2.16. The molecule has 0 amide bonds. The fourth-order valence-corrected chi connectivity index (χ4v) is 1.61. The van der Waals surface area contributed by atoms with Crippen LogP contribution in [0.4, 0.5) is 0 Å². The van der Waals surface area contributed by atoms with Crippen molar-refractivity contribution < 1.29 is 0 Å². The lowest BCUT2D eigenvalue weighted by Crippen LogP contribution is -2.08. The van der Waals surface area contributed by atoms with E-state index in [1.807, 2.05) is 5.41 Å². The van der Waals surface area contributed by atoms with Crippen LogP contribution in [0.3, 0.4) is 0 Å². The molecule has 2 rings (SSSR count).